The van der Waals surface area contributed by atoms with Crippen molar-refractivity contribution in [1.82, 2.24) is 19.4 Å². The Bertz CT molecular complexity index is 1490. The van der Waals surface area contributed by atoms with Gasteiger partial charge in [-0.25, -0.2) is 9.78 Å². The summed E-state index contributed by atoms with van der Waals surface area (Å²) >= 11 is 0. The van der Waals surface area contributed by atoms with Gasteiger partial charge in [0.1, 0.15) is 11.7 Å². The Morgan fingerprint density at radius 1 is 1.05 bits per heavy atom. The van der Waals surface area contributed by atoms with Crippen LogP contribution in [0.4, 0.5) is 11.6 Å². The highest BCUT2D eigenvalue weighted by Crippen LogP contribution is 2.40. The van der Waals surface area contributed by atoms with Gasteiger partial charge in [0.2, 0.25) is 11.7 Å². The standard InChI is InChI=1S/C27H27N5O6/c1-36-21-13-18(14-22(37-2)23(21)38-3)29-27-28-15-17-9-11-31(24(17)30-27)19-7-4-6-16(12-19)25(33)32-10-5-8-20(32)26(34)35/h4,6-7,9,11-15,20H,5,8,10H2,1-3H3,(H,34,35)(H,28,29,30)/t20-/m0/s1. The number of carbonyl (C=O) groups is 2. The Morgan fingerprint density at radius 2 is 1.82 bits per heavy atom. The molecule has 0 bridgehead atoms. The van der Waals surface area contributed by atoms with E-state index in [0.717, 1.165) is 5.39 Å². The molecule has 1 aliphatic heterocycles. The third kappa shape index (κ3) is 4.54. The molecular weight excluding hydrogens is 490 g/mol. The zero-order valence-corrected chi connectivity index (χ0v) is 21.2. The number of ether oxygens (including phenoxy) is 3. The number of hydrogen-bond acceptors (Lipinski definition) is 8. The molecule has 1 amide bonds. The second-order valence-corrected chi connectivity index (χ2v) is 8.74. The van der Waals surface area contributed by atoms with E-state index >= 15 is 0 Å². The lowest BCUT2D eigenvalue weighted by atomic mass is 10.1. The number of rotatable bonds is 8. The van der Waals surface area contributed by atoms with Crippen LogP contribution >= 0.6 is 0 Å². The molecule has 11 nitrogen and oxygen atoms in total. The minimum atomic E-state index is -0.979. The Balaban J connectivity index is 1.46. The number of amides is 1. The van der Waals surface area contributed by atoms with Crippen molar-refractivity contribution >= 4 is 34.5 Å². The van der Waals surface area contributed by atoms with Crippen molar-refractivity contribution in [3.05, 3.63) is 60.4 Å². The number of fused-ring (bicyclic) bond motifs is 1. The highest BCUT2D eigenvalue weighted by Gasteiger charge is 2.34. The van der Waals surface area contributed by atoms with Gasteiger partial charge in [-0.3, -0.25) is 4.79 Å². The number of aliphatic carboxylic acids is 1. The predicted molar refractivity (Wildman–Crippen MR) is 140 cm³/mol. The van der Waals surface area contributed by atoms with Crippen LogP contribution in [0, 0.1) is 0 Å². The van der Waals surface area contributed by atoms with Crippen molar-refractivity contribution in [1.29, 1.82) is 0 Å². The lowest BCUT2D eigenvalue weighted by molar-refractivity contribution is -0.141. The van der Waals surface area contributed by atoms with Crippen LogP contribution in [0.2, 0.25) is 0 Å². The van der Waals surface area contributed by atoms with Crippen LogP contribution in [-0.4, -0.2) is 70.3 Å². The molecule has 2 aromatic carbocycles. The Kier molecular flexibility index (Phi) is 6.73. The van der Waals surface area contributed by atoms with E-state index in [1.807, 2.05) is 22.9 Å². The van der Waals surface area contributed by atoms with Gasteiger partial charge in [0, 0.05) is 53.4 Å². The minimum Gasteiger partial charge on any atom is -0.493 e. The van der Waals surface area contributed by atoms with Crippen LogP contribution in [0.1, 0.15) is 23.2 Å². The average Bonchev–Trinajstić information content (AvgIpc) is 3.60. The first kappa shape index (κ1) is 24.9. The topological polar surface area (TPSA) is 128 Å². The number of hydrogen-bond donors (Lipinski definition) is 2. The van der Waals surface area contributed by atoms with Gasteiger partial charge in [0.25, 0.3) is 5.91 Å². The minimum absolute atomic E-state index is 0.299. The Morgan fingerprint density at radius 3 is 2.50 bits per heavy atom. The van der Waals surface area contributed by atoms with Crippen molar-refractivity contribution < 1.29 is 28.9 Å². The summed E-state index contributed by atoms with van der Waals surface area (Å²) in [5.41, 5.74) is 2.41. The first-order chi connectivity index (χ1) is 18.4. The van der Waals surface area contributed by atoms with Gasteiger partial charge in [-0.1, -0.05) is 6.07 Å². The van der Waals surface area contributed by atoms with Crippen LogP contribution in [0.3, 0.4) is 0 Å². The molecule has 1 atom stereocenters. The fourth-order valence-electron chi connectivity index (χ4n) is 4.69. The fraction of sp³-hybridized carbons (Fsp3) is 0.259. The van der Waals surface area contributed by atoms with Gasteiger partial charge in [-0.2, -0.15) is 4.98 Å². The summed E-state index contributed by atoms with van der Waals surface area (Å²) in [7, 11) is 4.62. The van der Waals surface area contributed by atoms with Gasteiger partial charge in [0.05, 0.1) is 21.3 Å². The van der Waals surface area contributed by atoms with Gasteiger partial charge in [0.15, 0.2) is 11.5 Å². The molecule has 38 heavy (non-hydrogen) atoms. The normalized spacial score (nSPS) is 14.9. The third-order valence-corrected chi connectivity index (χ3v) is 6.52. The average molecular weight is 518 g/mol. The molecular formula is C27H27N5O6. The smallest absolute Gasteiger partial charge is 0.326 e. The van der Waals surface area contributed by atoms with Gasteiger partial charge < -0.3 is 34.1 Å². The van der Waals surface area contributed by atoms with Crippen LogP contribution in [0.5, 0.6) is 17.2 Å². The van der Waals surface area contributed by atoms with E-state index in [-0.39, 0.29) is 5.91 Å². The highest BCUT2D eigenvalue weighted by atomic mass is 16.5. The molecule has 0 unspecified atom stereocenters. The number of nitrogens with one attached hydrogen (secondary N) is 1. The molecule has 0 saturated carbocycles. The predicted octanol–water partition coefficient (Wildman–Crippen LogP) is 3.88. The molecule has 1 saturated heterocycles. The molecule has 196 valence electrons. The monoisotopic (exact) mass is 517 g/mol. The zero-order valence-electron chi connectivity index (χ0n) is 21.2. The van der Waals surface area contributed by atoms with Gasteiger partial charge in [-0.15, -0.1) is 0 Å². The van der Waals surface area contributed by atoms with E-state index in [4.69, 9.17) is 19.2 Å². The van der Waals surface area contributed by atoms with E-state index in [1.165, 1.54) is 12.0 Å². The molecule has 11 heteroatoms. The van der Waals surface area contributed by atoms with Crippen LogP contribution < -0.4 is 19.5 Å². The summed E-state index contributed by atoms with van der Waals surface area (Å²) in [4.78, 5) is 35.3. The first-order valence-corrected chi connectivity index (χ1v) is 12.0. The van der Waals surface area contributed by atoms with Crippen molar-refractivity contribution in [2.24, 2.45) is 0 Å². The van der Waals surface area contributed by atoms with Gasteiger partial charge in [-0.05, 0) is 37.1 Å². The molecule has 0 aliphatic carbocycles. The number of nitrogens with zero attached hydrogens (tertiary/aromatic N) is 4. The first-order valence-electron chi connectivity index (χ1n) is 12.0. The molecule has 3 heterocycles. The van der Waals surface area contributed by atoms with Crippen molar-refractivity contribution in [2.45, 2.75) is 18.9 Å². The highest BCUT2D eigenvalue weighted by molar-refractivity contribution is 5.97. The number of methoxy groups -OCH3 is 3. The van der Waals surface area contributed by atoms with E-state index < -0.39 is 12.0 Å². The molecule has 1 aliphatic rings. The van der Waals surface area contributed by atoms with Crippen molar-refractivity contribution in [2.75, 3.05) is 33.2 Å². The summed E-state index contributed by atoms with van der Waals surface area (Å²) < 4.78 is 18.1. The number of carboxylic acid groups (broad SMARTS) is 1. The quantitative estimate of drug-likeness (QED) is 0.358. The van der Waals surface area contributed by atoms with E-state index in [1.54, 1.807) is 50.7 Å². The molecule has 0 spiro atoms. The number of likely N-dealkylation sites (tertiary alicyclic amines) is 1. The second kappa shape index (κ2) is 10.3. The van der Waals surface area contributed by atoms with Crippen LogP contribution in [0.25, 0.3) is 16.7 Å². The van der Waals surface area contributed by atoms with Gasteiger partial charge >= 0.3 is 5.97 Å². The van der Waals surface area contributed by atoms with Crippen LogP contribution in [0.15, 0.2) is 54.9 Å². The largest absolute Gasteiger partial charge is 0.493 e. The summed E-state index contributed by atoms with van der Waals surface area (Å²) in [5.74, 6) is 0.524. The number of benzene rings is 2. The molecule has 1 fully saturated rings. The number of aromatic nitrogens is 3. The maximum Gasteiger partial charge on any atom is 0.326 e. The zero-order chi connectivity index (χ0) is 26.8. The molecule has 4 aromatic rings. The fourth-order valence-corrected chi connectivity index (χ4v) is 4.69. The third-order valence-electron chi connectivity index (χ3n) is 6.52. The maximum absolute atomic E-state index is 13.1. The van der Waals surface area contributed by atoms with Crippen molar-refractivity contribution in [3.63, 3.8) is 0 Å². The lowest BCUT2D eigenvalue weighted by Gasteiger charge is -2.21. The van der Waals surface area contributed by atoms with Crippen molar-refractivity contribution in [3.8, 4) is 22.9 Å². The Labute approximate surface area is 218 Å². The maximum atomic E-state index is 13.1. The van der Waals surface area contributed by atoms with E-state index in [2.05, 4.69) is 10.3 Å². The number of carbonyl (C=O) groups excluding carboxylic acids is 1. The Hall–Kier alpha value is -4.80. The van der Waals surface area contributed by atoms with E-state index in [9.17, 15) is 14.7 Å². The summed E-state index contributed by atoms with van der Waals surface area (Å²) in [5, 5.41) is 13.5. The number of carboxylic acids is 1. The van der Waals surface area contributed by atoms with E-state index in [0.29, 0.717) is 65.2 Å². The SMILES string of the molecule is COc1cc(Nc2ncc3ccn(-c4cccc(C(=O)N5CCC[C@H]5C(=O)O)c4)c3n2)cc(OC)c1OC. The summed E-state index contributed by atoms with van der Waals surface area (Å²) in [6.45, 7) is 0.426. The molecule has 2 aromatic heterocycles. The molecule has 2 N–H and O–H groups in total. The van der Waals surface area contributed by atoms with Crippen LogP contribution in [-0.2, 0) is 4.79 Å². The second-order valence-electron chi connectivity index (χ2n) is 8.74. The summed E-state index contributed by atoms with van der Waals surface area (Å²) in [6, 6.07) is 11.7. The summed E-state index contributed by atoms with van der Waals surface area (Å²) in [6.07, 6.45) is 4.68. The number of anilines is 2. The lowest BCUT2D eigenvalue weighted by Crippen LogP contribution is -2.40. The molecule has 0 radical (unpaired) electrons. The molecule has 5 rings (SSSR count).